The predicted octanol–water partition coefficient (Wildman–Crippen LogP) is 1.50. The molecule has 2 aliphatic rings. The van der Waals surface area contributed by atoms with Crippen LogP contribution in [-0.4, -0.2) is 67.4 Å². The maximum atomic E-state index is 13.0. The lowest BCUT2D eigenvalue weighted by molar-refractivity contribution is -0.136. The van der Waals surface area contributed by atoms with Gasteiger partial charge >= 0.3 is 5.97 Å². The molecule has 1 aromatic rings. The molecule has 0 spiro atoms. The van der Waals surface area contributed by atoms with E-state index in [1.54, 1.807) is 8.61 Å². The molecule has 1 aromatic carbocycles. The van der Waals surface area contributed by atoms with E-state index in [-0.39, 0.29) is 12.5 Å². The van der Waals surface area contributed by atoms with E-state index in [0.717, 1.165) is 25.7 Å². The van der Waals surface area contributed by atoms with E-state index in [1.807, 2.05) is 18.2 Å². The van der Waals surface area contributed by atoms with Crippen molar-refractivity contribution in [1.82, 2.24) is 13.9 Å². The molecule has 7 nitrogen and oxygen atoms in total. The minimum atomic E-state index is -3.44. The van der Waals surface area contributed by atoms with Gasteiger partial charge < -0.3 is 10.4 Å². The molecule has 3 rings (SSSR count). The molecule has 1 atom stereocenters. The van der Waals surface area contributed by atoms with Crippen molar-refractivity contribution in [3.63, 3.8) is 0 Å². The lowest BCUT2D eigenvalue weighted by atomic mass is 9.90. The molecule has 1 unspecified atom stereocenters. The number of piperidine rings is 2. The number of hydrogen-bond donors (Lipinski definition) is 2. The van der Waals surface area contributed by atoms with Gasteiger partial charge in [0.1, 0.15) is 0 Å². The van der Waals surface area contributed by atoms with Gasteiger partial charge in [0.2, 0.25) is 0 Å². The first kappa shape index (κ1) is 20.3. The largest absolute Gasteiger partial charge is 0.480 e. The van der Waals surface area contributed by atoms with Crippen LogP contribution in [-0.2, 0) is 15.0 Å². The second-order valence-corrected chi connectivity index (χ2v) is 9.41. The van der Waals surface area contributed by atoms with Gasteiger partial charge in [0.05, 0.1) is 6.54 Å². The first-order valence-electron chi connectivity index (χ1n) is 9.69. The summed E-state index contributed by atoms with van der Waals surface area (Å²) in [7, 11) is -3.44. The Morgan fingerprint density at radius 3 is 2.44 bits per heavy atom. The van der Waals surface area contributed by atoms with E-state index in [2.05, 4.69) is 17.4 Å². The molecule has 150 valence electrons. The van der Waals surface area contributed by atoms with E-state index < -0.39 is 16.2 Å². The predicted molar refractivity (Wildman–Crippen MR) is 104 cm³/mol. The zero-order valence-electron chi connectivity index (χ0n) is 15.6. The lowest BCUT2D eigenvalue weighted by Gasteiger charge is -2.38. The molecule has 0 saturated carbocycles. The summed E-state index contributed by atoms with van der Waals surface area (Å²) >= 11 is 0. The Bertz CT molecular complexity index is 718. The Kier molecular flexibility index (Phi) is 6.86. The average molecular weight is 396 g/mol. The third-order valence-electron chi connectivity index (χ3n) is 5.57. The van der Waals surface area contributed by atoms with E-state index in [1.165, 1.54) is 5.56 Å². The fourth-order valence-corrected chi connectivity index (χ4v) is 5.85. The summed E-state index contributed by atoms with van der Waals surface area (Å²) in [5.74, 6) is -0.307. The summed E-state index contributed by atoms with van der Waals surface area (Å²) in [6.07, 6.45) is 3.44. The third kappa shape index (κ3) is 5.28. The highest BCUT2D eigenvalue weighted by molar-refractivity contribution is 7.86. The Hall–Kier alpha value is -1.48. The summed E-state index contributed by atoms with van der Waals surface area (Å²) in [5, 5.41) is 11.6. The number of carbonyl (C=O) groups is 1. The van der Waals surface area contributed by atoms with Gasteiger partial charge in [-0.3, -0.25) is 4.79 Å². The number of nitrogens with zero attached hydrogens (tertiary/aromatic N) is 2. The molecule has 2 aliphatic heterocycles. The molecule has 0 bridgehead atoms. The van der Waals surface area contributed by atoms with Crippen molar-refractivity contribution in [3.8, 4) is 0 Å². The van der Waals surface area contributed by atoms with E-state index in [4.69, 9.17) is 5.11 Å². The molecule has 2 fully saturated rings. The van der Waals surface area contributed by atoms with Crippen LogP contribution in [0, 0.1) is 5.92 Å². The molecular formula is C19H29N3O4S. The number of nitrogens with one attached hydrogen (secondary N) is 1. The standard InChI is InChI=1S/C19H29N3O4S/c23-19(24)14-20-13-16-5-4-10-22(15-16)27(25,26)21-11-8-18(9-12-21)17-6-2-1-3-7-17/h1-3,6-7,16,18,20H,4-5,8-15H2,(H,23,24). The fraction of sp³-hybridized carbons (Fsp3) is 0.632. The monoisotopic (exact) mass is 395 g/mol. The Morgan fingerprint density at radius 2 is 1.78 bits per heavy atom. The van der Waals surface area contributed by atoms with Crippen molar-refractivity contribution >= 4 is 16.2 Å². The minimum absolute atomic E-state index is 0.0871. The topological polar surface area (TPSA) is 90.0 Å². The zero-order chi connectivity index (χ0) is 19.3. The first-order valence-corrected chi connectivity index (χ1v) is 11.1. The molecule has 0 radical (unpaired) electrons. The SMILES string of the molecule is O=C(O)CNCC1CCCN(S(=O)(=O)N2CCC(c3ccccc3)CC2)C1. The normalized spacial score (nSPS) is 23.3. The number of aliphatic carboxylic acids is 1. The van der Waals surface area contributed by atoms with Gasteiger partial charge in [-0.2, -0.15) is 17.0 Å². The summed E-state index contributed by atoms with van der Waals surface area (Å²) in [5.41, 5.74) is 1.29. The number of carboxylic acids is 1. The molecule has 0 aliphatic carbocycles. The third-order valence-corrected chi connectivity index (χ3v) is 7.57. The minimum Gasteiger partial charge on any atom is -0.480 e. The van der Waals surface area contributed by atoms with E-state index in [9.17, 15) is 13.2 Å². The molecule has 8 heteroatoms. The van der Waals surface area contributed by atoms with Crippen LogP contribution >= 0.6 is 0 Å². The highest BCUT2D eigenvalue weighted by Crippen LogP contribution is 2.30. The molecule has 2 heterocycles. The van der Waals surface area contributed by atoms with Gasteiger partial charge in [-0.05, 0) is 49.6 Å². The zero-order valence-corrected chi connectivity index (χ0v) is 16.4. The van der Waals surface area contributed by atoms with Crippen molar-refractivity contribution in [2.75, 3.05) is 39.3 Å². The smallest absolute Gasteiger partial charge is 0.317 e. The molecule has 2 N–H and O–H groups in total. The van der Waals surface area contributed by atoms with Gasteiger partial charge in [0.15, 0.2) is 0 Å². The van der Waals surface area contributed by atoms with E-state index in [0.29, 0.717) is 38.6 Å². The molecular weight excluding hydrogens is 366 g/mol. The Morgan fingerprint density at radius 1 is 1.07 bits per heavy atom. The summed E-state index contributed by atoms with van der Waals surface area (Å²) < 4.78 is 29.3. The van der Waals surface area contributed by atoms with Gasteiger partial charge in [0, 0.05) is 26.2 Å². The Balaban J connectivity index is 1.54. The highest BCUT2D eigenvalue weighted by atomic mass is 32.2. The average Bonchev–Trinajstić information content (AvgIpc) is 2.69. The second-order valence-electron chi connectivity index (χ2n) is 7.48. The number of rotatable bonds is 7. The van der Waals surface area contributed by atoms with Crippen LogP contribution in [0.4, 0.5) is 0 Å². The van der Waals surface area contributed by atoms with Crippen molar-refractivity contribution in [2.24, 2.45) is 5.92 Å². The maximum absolute atomic E-state index is 13.0. The number of carboxylic acid groups (broad SMARTS) is 1. The lowest BCUT2D eigenvalue weighted by Crippen LogP contribution is -2.51. The van der Waals surface area contributed by atoms with Crippen molar-refractivity contribution in [3.05, 3.63) is 35.9 Å². The van der Waals surface area contributed by atoms with Crippen LogP contribution in [0.1, 0.15) is 37.2 Å². The van der Waals surface area contributed by atoms with Crippen LogP contribution in [0.5, 0.6) is 0 Å². The van der Waals surface area contributed by atoms with Crippen molar-refractivity contribution in [2.45, 2.75) is 31.6 Å². The summed E-state index contributed by atoms with van der Waals surface area (Å²) in [6.45, 7) is 2.58. The highest BCUT2D eigenvalue weighted by Gasteiger charge is 2.35. The van der Waals surface area contributed by atoms with Crippen molar-refractivity contribution in [1.29, 1.82) is 0 Å². The van der Waals surface area contributed by atoms with E-state index >= 15 is 0 Å². The molecule has 2 saturated heterocycles. The van der Waals surface area contributed by atoms with Gasteiger partial charge in [-0.25, -0.2) is 0 Å². The van der Waals surface area contributed by atoms with Crippen LogP contribution in [0.25, 0.3) is 0 Å². The van der Waals surface area contributed by atoms with Gasteiger partial charge in [-0.1, -0.05) is 30.3 Å². The van der Waals surface area contributed by atoms with Gasteiger partial charge in [-0.15, -0.1) is 0 Å². The summed E-state index contributed by atoms with van der Waals surface area (Å²) in [6, 6.07) is 10.3. The number of benzene rings is 1. The van der Waals surface area contributed by atoms with Crippen LogP contribution < -0.4 is 5.32 Å². The maximum Gasteiger partial charge on any atom is 0.317 e. The summed E-state index contributed by atoms with van der Waals surface area (Å²) in [4.78, 5) is 10.6. The molecule has 0 amide bonds. The van der Waals surface area contributed by atoms with Gasteiger partial charge in [0.25, 0.3) is 10.2 Å². The quantitative estimate of drug-likeness (QED) is 0.730. The Labute approximate surface area is 161 Å². The number of hydrogen-bond acceptors (Lipinski definition) is 4. The van der Waals surface area contributed by atoms with Crippen LogP contribution in [0.2, 0.25) is 0 Å². The molecule has 0 aromatic heterocycles. The fourth-order valence-electron chi connectivity index (χ4n) is 4.09. The molecule has 27 heavy (non-hydrogen) atoms. The van der Waals surface area contributed by atoms with Crippen LogP contribution in [0.3, 0.4) is 0 Å². The second kappa shape index (κ2) is 9.14. The first-order chi connectivity index (χ1) is 13.0. The van der Waals surface area contributed by atoms with Crippen LogP contribution in [0.15, 0.2) is 30.3 Å². The van der Waals surface area contributed by atoms with Crippen molar-refractivity contribution < 1.29 is 18.3 Å².